The highest BCUT2D eigenvalue weighted by Crippen LogP contribution is 2.56. The number of anilines is 2. The lowest BCUT2D eigenvalue weighted by molar-refractivity contribution is -0.137. The van der Waals surface area contributed by atoms with Gasteiger partial charge in [-0.05, 0) is 61.4 Å². The minimum atomic E-state index is -1.38. The molecule has 3 amide bonds. The van der Waals surface area contributed by atoms with Gasteiger partial charge < -0.3 is 35.3 Å². The van der Waals surface area contributed by atoms with Crippen molar-refractivity contribution in [2.75, 3.05) is 17.2 Å². The number of urea groups is 1. The molecule has 0 aromatic heterocycles. The third-order valence-corrected chi connectivity index (χ3v) is 8.86. The number of carbonyl (C=O) groups is 5. The Morgan fingerprint density at radius 3 is 2.16 bits per heavy atom. The van der Waals surface area contributed by atoms with E-state index in [1.807, 2.05) is 45.9 Å². The van der Waals surface area contributed by atoms with Gasteiger partial charge in [-0.1, -0.05) is 38.1 Å². The molecule has 4 aromatic carbocycles. The molecule has 0 saturated carbocycles. The number of amides is 3. The second-order valence-electron chi connectivity index (χ2n) is 13.3. The lowest BCUT2D eigenvalue weighted by Crippen LogP contribution is -2.33. The third-order valence-electron chi connectivity index (χ3n) is 8.86. The van der Waals surface area contributed by atoms with E-state index in [4.69, 9.17) is 19.3 Å². The minimum absolute atomic E-state index is 0.0599. The van der Waals surface area contributed by atoms with Crippen LogP contribution >= 0.6 is 0 Å². The van der Waals surface area contributed by atoms with E-state index in [-0.39, 0.29) is 25.3 Å². The maximum absolute atomic E-state index is 13.6. The summed E-state index contributed by atoms with van der Waals surface area (Å²) < 4.78 is 18.1. The SMILES string of the molecule is CC(=O)Oc1cc(C)cc(C)c1C(C)(C)CC(=O)Nc1ccc2c(c1)Oc1cc(NC(=O)NCCC(=O)O)ccc1C21OC(=O)c2ccccc21. The van der Waals surface area contributed by atoms with Crippen LogP contribution in [0.4, 0.5) is 16.2 Å². The smallest absolute Gasteiger partial charge is 0.340 e. The number of benzene rings is 4. The van der Waals surface area contributed by atoms with Crippen LogP contribution < -0.4 is 25.4 Å². The molecule has 6 rings (SSSR count). The number of carboxylic acids is 1. The van der Waals surface area contributed by atoms with Gasteiger partial charge in [-0.15, -0.1) is 0 Å². The molecule has 4 N–H and O–H groups in total. The highest BCUT2D eigenvalue weighted by molar-refractivity contribution is 5.98. The number of rotatable bonds is 9. The Morgan fingerprint density at radius 1 is 0.863 bits per heavy atom. The van der Waals surface area contributed by atoms with Crippen LogP contribution in [0.5, 0.6) is 17.2 Å². The van der Waals surface area contributed by atoms with Crippen molar-refractivity contribution >= 4 is 41.2 Å². The van der Waals surface area contributed by atoms with Crippen LogP contribution in [0.15, 0.2) is 72.8 Å². The number of carbonyl (C=O) groups excluding carboxylic acids is 4. The number of esters is 2. The fraction of sp³-hybridized carbons (Fsp3) is 0.256. The zero-order valence-electron chi connectivity index (χ0n) is 28.8. The highest BCUT2D eigenvalue weighted by Gasteiger charge is 2.53. The van der Waals surface area contributed by atoms with E-state index >= 15 is 0 Å². The average Bonchev–Trinajstić information content (AvgIpc) is 3.32. The topological polar surface area (TPSA) is 169 Å². The highest BCUT2D eigenvalue weighted by atomic mass is 16.6. The maximum atomic E-state index is 13.6. The van der Waals surface area contributed by atoms with E-state index in [1.54, 1.807) is 54.6 Å². The van der Waals surface area contributed by atoms with E-state index in [2.05, 4.69) is 16.0 Å². The molecule has 4 aromatic rings. The Morgan fingerprint density at radius 2 is 1.51 bits per heavy atom. The monoisotopic (exact) mass is 691 g/mol. The third kappa shape index (κ3) is 6.72. The Labute approximate surface area is 294 Å². The predicted molar refractivity (Wildman–Crippen MR) is 187 cm³/mol. The summed E-state index contributed by atoms with van der Waals surface area (Å²) in [5.41, 5.74) is 3.35. The first-order valence-corrected chi connectivity index (χ1v) is 16.3. The lowest BCUT2D eigenvalue weighted by atomic mass is 9.77. The number of hydrogen-bond acceptors (Lipinski definition) is 8. The zero-order chi connectivity index (χ0) is 36.7. The molecule has 0 saturated heterocycles. The van der Waals surface area contributed by atoms with Gasteiger partial charge in [0, 0.05) is 71.1 Å². The van der Waals surface area contributed by atoms with Crippen LogP contribution in [0.1, 0.15) is 77.4 Å². The molecule has 51 heavy (non-hydrogen) atoms. The Kier molecular flexibility index (Phi) is 9.03. The molecule has 12 heteroatoms. The number of ether oxygens (including phenoxy) is 3. The van der Waals surface area contributed by atoms with Crippen LogP contribution in [0, 0.1) is 13.8 Å². The van der Waals surface area contributed by atoms with Gasteiger partial charge in [0.1, 0.15) is 17.2 Å². The van der Waals surface area contributed by atoms with E-state index < -0.39 is 35.0 Å². The van der Waals surface area contributed by atoms with Gasteiger partial charge in [0.25, 0.3) is 0 Å². The van der Waals surface area contributed by atoms with E-state index in [0.717, 1.165) is 16.7 Å². The van der Waals surface area contributed by atoms with Gasteiger partial charge in [-0.2, -0.15) is 0 Å². The van der Waals surface area contributed by atoms with Crippen molar-refractivity contribution in [3.05, 3.63) is 112 Å². The summed E-state index contributed by atoms with van der Waals surface area (Å²) in [7, 11) is 0. The van der Waals surface area contributed by atoms with Crippen LogP contribution in [0.25, 0.3) is 0 Å². The molecule has 2 aliphatic rings. The first-order valence-electron chi connectivity index (χ1n) is 16.3. The molecule has 0 radical (unpaired) electrons. The molecule has 1 unspecified atom stereocenters. The van der Waals surface area contributed by atoms with Crippen LogP contribution in [-0.4, -0.2) is 41.5 Å². The molecular weight excluding hydrogens is 654 g/mol. The average molecular weight is 692 g/mol. The first kappa shape index (κ1) is 34.7. The molecule has 12 nitrogen and oxygen atoms in total. The first-order chi connectivity index (χ1) is 24.2. The van der Waals surface area contributed by atoms with Crippen LogP contribution in [-0.2, 0) is 30.1 Å². The van der Waals surface area contributed by atoms with Crippen molar-refractivity contribution in [2.24, 2.45) is 0 Å². The molecule has 0 fully saturated rings. The Hall–Kier alpha value is -6.17. The zero-order valence-corrected chi connectivity index (χ0v) is 28.8. The minimum Gasteiger partial charge on any atom is -0.481 e. The van der Waals surface area contributed by atoms with Gasteiger partial charge in [0.15, 0.2) is 5.60 Å². The summed E-state index contributed by atoms with van der Waals surface area (Å²) in [6.45, 7) is 8.94. The van der Waals surface area contributed by atoms with Crippen molar-refractivity contribution in [3.63, 3.8) is 0 Å². The summed E-state index contributed by atoms with van der Waals surface area (Å²) >= 11 is 0. The largest absolute Gasteiger partial charge is 0.481 e. The van der Waals surface area contributed by atoms with E-state index in [9.17, 15) is 24.0 Å². The Balaban J connectivity index is 1.32. The molecule has 1 spiro atoms. The number of aliphatic carboxylic acids is 1. The summed E-state index contributed by atoms with van der Waals surface area (Å²) in [6.07, 6.45) is -0.174. The van der Waals surface area contributed by atoms with Gasteiger partial charge in [0.05, 0.1) is 12.0 Å². The van der Waals surface area contributed by atoms with Gasteiger partial charge >= 0.3 is 23.9 Å². The number of nitrogens with one attached hydrogen (secondary N) is 3. The molecule has 2 heterocycles. The van der Waals surface area contributed by atoms with Crippen molar-refractivity contribution < 1.29 is 43.3 Å². The predicted octanol–water partition coefficient (Wildman–Crippen LogP) is 6.70. The van der Waals surface area contributed by atoms with Crippen molar-refractivity contribution in [3.8, 4) is 17.2 Å². The second kappa shape index (κ2) is 13.3. The van der Waals surface area contributed by atoms with E-state index in [1.165, 1.54) is 6.92 Å². The van der Waals surface area contributed by atoms with Gasteiger partial charge in [-0.3, -0.25) is 14.4 Å². The van der Waals surface area contributed by atoms with Crippen molar-refractivity contribution in [1.29, 1.82) is 0 Å². The lowest BCUT2D eigenvalue weighted by Gasteiger charge is -2.37. The van der Waals surface area contributed by atoms with Crippen molar-refractivity contribution in [1.82, 2.24) is 5.32 Å². The molecular formula is C39H37N3O9. The normalized spacial score (nSPS) is 15.4. The summed E-state index contributed by atoms with van der Waals surface area (Å²) in [6, 6.07) is 20.3. The summed E-state index contributed by atoms with van der Waals surface area (Å²) in [5, 5.41) is 17.0. The fourth-order valence-corrected chi connectivity index (χ4v) is 7.02. The number of aryl methyl sites for hydroxylation is 2. The molecule has 2 aliphatic heterocycles. The molecule has 262 valence electrons. The molecule has 0 aliphatic carbocycles. The second-order valence-corrected chi connectivity index (χ2v) is 13.3. The number of hydrogen-bond donors (Lipinski definition) is 4. The van der Waals surface area contributed by atoms with Crippen molar-refractivity contribution in [2.45, 2.75) is 58.5 Å². The van der Waals surface area contributed by atoms with Gasteiger partial charge in [0.2, 0.25) is 5.91 Å². The van der Waals surface area contributed by atoms with E-state index in [0.29, 0.717) is 50.9 Å². The summed E-state index contributed by atoms with van der Waals surface area (Å²) in [4.78, 5) is 62.0. The van der Waals surface area contributed by atoms with Crippen LogP contribution in [0.3, 0.4) is 0 Å². The molecule has 0 bridgehead atoms. The summed E-state index contributed by atoms with van der Waals surface area (Å²) in [5.74, 6) is -1.26. The quantitative estimate of drug-likeness (QED) is 0.110. The maximum Gasteiger partial charge on any atom is 0.340 e. The van der Waals surface area contributed by atoms with Gasteiger partial charge in [-0.25, -0.2) is 9.59 Å². The Bertz CT molecular complexity index is 2120. The molecule has 1 atom stereocenters. The fourth-order valence-electron chi connectivity index (χ4n) is 7.02. The number of fused-ring (bicyclic) bond motifs is 6. The van der Waals surface area contributed by atoms with Crippen LogP contribution in [0.2, 0.25) is 0 Å². The standard InChI is InChI=1S/C39H37N3O9/c1-21-16-22(2)35(32(17-21)49-23(3)43)38(4,5)20-33(44)41-24-10-12-28-30(18-24)50-31-19-25(42-37(48)40-15-14-34(45)46)11-13-29(31)39(28)27-9-7-6-8-26(27)36(47)51-39/h6-13,16-19H,14-15,20H2,1-5H3,(H,41,44)(H,45,46)(H2,40,42,48). The number of carboxylic acid groups (broad SMARTS) is 1.